The van der Waals surface area contributed by atoms with Crippen LogP contribution in [0.1, 0.15) is 52.7 Å². The molecule has 5 nitrogen and oxygen atoms in total. The van der Waals surface area contributed by atoms with Crippen molar-refractivity contribution in [2.45, 2.75) is 39.8 Å². The Morgan fingerprint density at radius 3 is 2.68 bits per heavy atom. The van der Waals surface area contributed by atoms with Crippen molar-refractivity contribution in [3.05, 3.63) is 52.8 Å². The van der Waals surface area contributed by atoms with E-state index in [9.17, 15) is 9.59 Å². The van der Waals surface area contributed by atoms with E-state index in [1.807, 2.05) is 32.9 Å². The summed E-state index contributed by atoms with van der Waals surface area (Å²) in [6, 6.07) is 7.23. The van der Waals surface area contributed by atoms with Crippen LogP contribution in [0.5, 0.6) is 0 Å². The molecule has 0 bridgehead atoms. The molecule has 0 atom stereocenters. The van der Waals surface area contributed by atoms with Crippen LogP contribution in [-0.2, 0) is 11.3 Å². The minimum atomic E-state index is -0.523. The normalized spacial score (nSPS) is 11.3. The van der Waals surface area contributed by atoms with Gasteiger partial charge in [0.15, 0.2) is 6.29 Å². The van der Waals surface area contributed by atoms with Crippen molar-refractivity contribution >= 4 is 12.3 Å². The zero-order valence-electron chi connectivity index (χ0n) is 13.3. The molecule has 0 aliphatic heterocycles. The molecule has 0 fully saturated rings. The third kappa shape index (κ3) is 4.04. The third-order valence-electron chi connectivity index (χ3n) is 3.02. The van der Waals surface area contributed by atoms with Crippen molar-refractivity contribution in [1.29, 1.82) is 0 Å². The Kier molecular flexibility index (Phi) is 4.45. The van der Waals surface area contributed by atoms with E-state index in [1.165, 1.54) is 0 Å². The maximum atomic E-state index is 12.1. The minimum Gasteiger partial charge on any atom is -0.456 e. The van der Waals surface area contributed by atoms with Gasteiger partial charge in [-0.15, -0.1) is 0 Å². The molecule has 5 heteroatoms. The molecule has 0 amide bonds. The number of carbonyl (C=O) groups is 2. The smallest absolute Gasteiger partial charge is 0.338 e. The number of benzene rings is 1. The summed E-state index contributed by atoms with van der Waals surface area (Å²) in [5, 5.41) is 4.28. The van der Waals surface area contributed by atoms with Crippen LogP contribution in [0.15, 0.2) is 30.5 Å². The number of aldehydes is 1. The van der Waals surface area contributed by atoms with Gasteiger partial charge in [-0.2, -0.15) is 5.10 Å². The number of nitrogens with zero attached hydrogens (tertiary/aromatic N) is 2. The summed E-state index contributed by atoms with van der Waals surface area (Å²) in [7, 11) is 0. The summed E-state index contributed by atoms with van der Waals surface area (Å²) >= 11 is 0. The largest absolute Gasteiger partial charge is 0.456 e. The average molecular weight is 300 g/mol. The number of esters is 1. The molecule has 0 saturated heterocycles. The summed E-state index contributed by atoms with van der Waals surface area (Å²) in [4.78, 5) is 22.9. The number of ether oxygens (including phenoxy) is 1. The first-order valence-electron chi connectivity index (χ1n) is 7.10. The van der Waals surface area contributed by atoms with Crippen LogP contribution in [0.2, 0.25) is 0 Å². The molecule has 1 aromatic heterocycles. The van der Waals surface area contributed by atoms with Gasteiger partial charge < -0.3 is 4.74 Å². The van der Waals surface area contributed by atoms with Crippen LogP contribution in [0.25, 0.3) is 0 Å². The van der Waals surface area contributed by atoms with Gasteiger partial charge in [0.25, 0.3) is 0 Å². The van der Waals surface area contributed by atoms with E-state index in [0.717, 1.165) is 11.8 Å². The second-order valence-electron chi connectivity index (χ2n) is 6.19. The van der Waals surface area contributed by atoms with Gasteiger partial charge in [-0.1, -0.05) is 12.1 Å². The first-order chi connectivity index (χ1) is 10.3. The fourth-order valence-corrected chi connectivity index (χ4v) is 2.05. The molecule has 0 N–H and O–H groups in total. The Hall–Kier alpha value is -2.43. The third-order valence-corrected chi connectivity index (χ3v) is 3.02. The van der Waals surface area contributed by atoms with Crippen LogP contribution in [0.3, 0.4) is 0 Å². The Bertz CT molecular complexity index is 696. The van der Waals surface area contributed by atoms with Crippen LogP contribution >= 0.6 is 0 Å². The number of aryl methyl sites for hydroxylation is 1. The van der Waals surface area contributed by atoms with Gasteiger partial charge in [-0.05, 0) is 45.4 Å². The van der Waals surface area contributed by atoms with Gasteiger partial charge in [-0.25, -0.2) is 4.79 Å². The fraction of sp³-hybridized carbons (Fsp3) is 0.353. The van der Waals surface area contributed by atoms with Crippen molar-refractivity contribution < 1.29 is 14.3 Å². The maximum absolute atomic E-state index is 12.1. The minimum absolute atomic E-state index is 0.348. The van der Waals surface area contributed by atoms with Gasteiger partial charge in [0.2, 0.25) is 0 Å². The van der Waals surface area contributed by atoms with E-state index in [0.29, 0.717) is 23.4 Å². The number of aromatic nitrogens is 2. The van der Waals surface area contributed by atoms with Crippen molar-refractivity contribution in [2.24, 2.45) is 0 Å². The molecular weight excluding hydrogens is 280 g/mol. The molecule has 2 rings (SSSR count). The van der Waals surface area contributed by atoms with Crippen molar-refractivity contribution in [2.75, 3.05) is 0 Å². The molecule has 0 aliphatic rings. The van der Waals surface area contributed by atoms with E-state index in [1.54, 1.807) is 29.9 Å². The van der Waals surface area contributed by atoms with E-state index in [-0.39, 0.29) is 5.97 Å². The second kappa shape index (κ2) is 6.13. The highest BCUT2D eigenvalue weighted by Gasteiger charge is 2.18. The van der Waals surface area contributed by atoms with Crippen LogP contribution < -0.4 is 0 Å². The zero-order chi connectivity index (χ0) is 16.3. The van der Waals surface area contributed by atoms with Crippen LogP contribution in [-0.4, -0.2) is 27.6 Å². The molecule has 2 aromatic rings. The molecule has 116 valence electrons. The van der Waals surface area contributed by atoms with Crippen LogP contribution in [0.4, 0.5) is 0 Å². The van der Waals surface area contributed by atoms with Crippen molar-refractivity contribution in [1.82, 2.24) is 9.78 Å². The number of hydrogen-bond donors (Lipinski definition) is 0. The number of hydrogen-bond acceptors (Lipinski definition) is 4. The maximum Gasteiger partial charge on any atom is 0.338 e. The first kappa shape index (κ1) is 15.9. The molecule has 0 aliphatic carbocycles. The van der Waals surface area contributed by atoms with Crippen molar-refractivity contribution in [3.63, 3.8) is 0 Å². The topological polar surface area (TPSA) is 61.2 Å². The predicted octanol–water partition coefficient (Wildman–Crippen LogP) is 3.01. The van der Waals surface area contributed by atoms with E-state index >= 15 is 0 Å². The summed E-state index contributed by atoms with van der Waals surface area (Å²) in [6.07, 6.45) is 2.48. The Labute approximate surface area is 129 Å². The highest BCUT2D eigenvalue weighted by Crippen LogP contribution is 2.14. The van der Waals surface area contributed by atoms with Gasteiger partial charge in [-0.3, -0.25) is 9.48 Å². The average Bonchev–Trinajstić information content (AvgIpc) is 2.77. The summed E-state index contributed by atoms with van der Waals surface area (Å²) in [5.41, 5.74) is 2.17. The Morgan fingerprint density at radius 1 is 1.36 bits per heavy atom. The fourth-order valence-electron chi connectivity index (χ4n) is 2.05. The molecule has 1 aromatic carbocycles. The van der Waals surface area contributed by atoms with Crippen molar-refractivity contribution in [3.8, 4) is 0 Å². The zero-order valence-corrected chi connectivity index (χ0v) is 13.3. The van der Waals surface area contributed by atoms with Gasteiger partial charge in [0, 0.05) is 6.20 Å². The van der Waals surface area contributed by atoms with Gasteiger partial charge in [0.05, 0.1) is 23.4 Å². The lowest BCUT2D eigenvalue weighted by Crippen LogP contribution is -2.24. The summed E-state index contributed by atoms with van der Waals surface area (Å²) < 4.78 is 7.05. The lowest BCUT2D eigenvalue weighted by Gasteiger charge is -2.19. The predicted molar refractivity (Wildman–Crippen MR) is 83.1 cm³/mol. The molecule has 1 heterocycles. The molecule has 0 spiro atoms. The first-order valence-corrected chi connectivity index (χ1v) is 7.10. The van der Waals surface area contributed by atoms with E-state index in [2.05, 4.69) is 5.10 Å². The van der Waals surface area contributed by atoms with E-state index < -0.39 is 5.60 Å². The quantitative estimate of drug-likeness (QED) is 0.643. The Balaban J connectivity index is 2.17. The van der Waals surface area contributed by atoms with E-state index in [4.69, 9.17) is 4.74 Å². The lowest BCUT2D eigenvalue weighted by atomic mass is 10.1. The van der Waals surface area contributed by atoms with Crippen LogP contribution in [0, 0.1) is 6.92 Å². The number of carbonyl (C=O) groups excluding carboxylic acids is 2. The monoisotopic (exact) mass is 300 g/mol. The highest BCUT2D eigenvalue weighted by atomic mass is 16.6. The summed E-state index contributed by atoms with van der Waals surface area (Å²) in [6.45, 7) is 7.79. The molecular formula is C17H20N2O3. The lowest BCUT2D eigenvalue weighted by molar-refractivity contribution is 0.00693. The number of rotatable bonds is 4. The molecule has 0 radical (unpaired) electrons. The molecule has 0 unspecified atom stereocenters. The SMILES string of the molecule is Cc1nn(Cc2cccc(C(=O)OC(C)(C)C)c2)cc1C=O. The second-order valence-corrected chi connectivity index (χ2v) is 6.19. The molecule has 22 heavy (non-hydrogen) atoms. The summed E-state index contributed by atoms with van der Waals surface area (Å²) in [5.74, 6) is -0.348. The van der Waals surface area contributed by atoms with Gasteiger partial charge >= 0.3 is 5.97 Å². The van der Waals surface area contributed by atoms with Gasteiger partial charge in [0.1, 0.15) is 5.60 Å². The highest BCUT2D eigenvalue weighted by molar-refractivity contribution is 5.89. The standard InChI is InChI=1S/C17H20N2O3/c1-12-15(11-20)10-19(18-12)9-13-6-5-7-14(8-13)16(21)22-17(2,3)4/h5-8,10-11H,9H2,1-4H3. The Morgan fingerprint density at radius 2 is 2.09 bits per heavy atom. The molecule has 0 saturated carbocycles.